The topological polar surface area (TPSA) is 36.4 Å². The highest BCUT2D eigenvalue weighted by molar-refractivity contribution is 7.98. The van der Waals surface area contributed by atoms with E-state index in [0.29, 0.717) is 38.3 Å². The van der Waals surface area contributed by atoms with E-state index in [-0.39, 0.29) is 16.8 Å². The molecular weight excluding hydrogens is 435 g/mol. The van der Waals surface area contributed by atoms with E-state index in [9.17, 15) is 18.0 Å². The number of alkyl halides is 3. The Morgan fingerprint density at radius 2 is 1.90 bits per heavy atom. The second kappa shape index (κ2) is 9.47. The molecule has 1 aliphatic rings. The van der Waals surface area contributed by atoms with Crippen molar-refractivity contribution >= 4 is 35.1 Å². The molecule has 0 saturated carbocycles. The molecular formula is C21H23ClF3N3OS. The van der Waals surface area contributed by atoms with Crippen LogP contribution < -0.4 is 4.90 Å². The highest BCUT2D eigenvalue weighted by Crippen LogP contribution is 2.34. The zero-order chi connectivity index (χ0) is 21.9. The van der Waals surface area contributed by atoms with Gasteiger partial charge >= 0.3 is 6.18 Å². The third kappa shape index (κ3) is 5.40. The van der Waals surface area contributed by atoms with E-state index in [1.807, 2.05) is 35.4 Å². The lowest BCUT2D eigenvalue weighted by molar-refractivity contribution is -0.138. The van der Waals surface area contributed by atoms with Gasteiger partial charge in [-0.2, -0.15) is 13.2 Å². The monoisotopic (exact) mass is 457 g/mol. The molecule has 1 aromatic carbocycles. The Balaban J connectivity index is 1.57. The van der Waals surface area contributed by atoms with Gasteiger partial charge in [-0.1, -0.05) is 23.7 Å². The van der Waals surface area contributed by atoms with Crippen LogP contribution in [0.15, 0.2) is 41.4 Å². The fraction of sp³-hybridized carbons (Fsp3) is 0.429. The number of carbonyl (C=O) groups excluding carboxylic acids is 1. The third-order valence-electron chi connectivity index (χ3n) is 5.25. The van der Waals surface area contributed by atoms with Crippen molar-refractivity contribution in [3.8, 4) is 0 Å². The molecule has 1 amide bonds. The van der Waals surface area contributed by atoms with Gasteiger partial charge in [0.25, 0.3) is 0 Å². The van der Waals surface area contributed by atoms with Gasteiger partial charge < -0.3 is 9.80 Å². The minimum absolute atomic E-state index is 0.0274. The summed E-state index contributed by atoms with van der Waals surface area (Å²) in [5.74, 6) is 0.290. The number of benzene rings is 1. The second-order valence-electron chi connectivity index (χ2n) is 7.33. The number of aromatic nitrogens is 1. The molecule has 0 bridgehead atoms. The predicted molar refractivity (Wildman–Crippen MR) is 114 cm³/mol. The van der Waals surface area contributed by atoms with Gasteiger partial charge in [-0.15, -0.1) is 11.8 Å². The fourth-order valence-corrected chi connectivity index (χ4v) is 4.25. The summed E-state index contributed by atoms with van der Waals surface area (Å²) in [6.45, 7) is 1.58. The van der Waals surface area contributed by atoms with Crippen LogP contribution in [0, 0.1) is 5.92 Å². The molecule has 1 aromatic heterocycles. The minimum atomic E-state index is -4.48. The normalized spacial score (nSPS) is 15.3. The first kappa shape index (κ1) is 22.7. The van der Waals surface area contributed by atoms with Gasteiger partial charge in [-0.05, 0) is 42.9 Å². The second-order valence-corrected chi connectivity index (χ2v) is 8.62. The SMILES string of the molecule is CSc1ccc(CN(C)C(=O)C2CCN(c3ncc(C(F)(F)F)cc3Cl)CC2)cc1. The molecule has 0 N–H and O–H groups in total. The van der Waals surface area contributed by atoms with Crippen molar-refractivity contribution in [3.05, 3.63) is 52.7 Å². The Morgan fingerprint density at radius 3 is 2.43 bits per heavy atom. The minimum Gasteiger partial charge on any atom is -0.355 e. The van der Waals surface area contributed by atoms with Crippen LogP contribution in [-0.4, -0.2) is 42.2 Å². The average molecular weight is 458 g/mol. The molecule has 3 rings (SSSR count). The first-order valence-corrected chi connectivity index (χ1v) is 11.1. The van der Waals surface area contributed by atoms with Crippen molar-refractivity contribution in [2.75, 3.05) is 31.3 Å². The van der Waals surface area contributed by atoms with Gasteiger partial charge in [0.05, 0.1) is 10.6 Å². The van der Waals surface area contributed by atoms with Crippen molar-refractivity contribution in [2.45, 2.75) is 30.5 Å². The summed E-state index contributed by atoms with van der Waals surface area (Å²) in [4.78, 5) is 21.5. The lowest BCUT2D eigenvalue weighted by Crippen LogP contribution is -2.41. The molecule has 30 heavy (non-hydrogen) atoms. The predicted octanol–water partition coefficient (Wildman–Crippen LogP) is 5.35. The van der Waals surface area contributed by atoms with Crippen LogP contribution in [0.25, 0.3) is 0 Å². The van der Waals surface area contributed by atoms with Crippen molar-refractivity contribution < 1.29 is 18.0 Å². The lowest BCUT2D eigenvalue weighted by atomic mass is 9.95. The van der Waals surface area contributed by atoms with Gasteiger partial charge in [0.2, 0.25) is 5.91 Å². The summed E-state index contributed by atoms with van der Waals surface area (Å²) >= 11 is 7.72. The number of carbonyl (C=O) groups is 1. The molecule has 0 spiro atoms. The Morgan fingerprint density at radius 1 is 1.27 bits per heavy atom. The first-order chi connectivity index (χ1) is 14.2. The van der Waals surface area contributed by atoms with Crippen molar-refractivity contribution in [3.63, 3.8) is 0 Å². The van der Waals surface area contributed by atoms with Crippen LogP contribution in [0.2, 0.25) is 5.02 Å². The van der Waals surface area contributed by atoms with Crippen LogP contribution in [-0.2, 0) is 17.5 Å². The van der Waals surface area contributed by atoms with Crippen LogP contribution in [0.5, 0.6) is 0 Å². The average Bonchev–Trinajstić information content (AvgIpc) is 2.73. The number of anilines is 1. The molecule has 1 fully saturated rings. The Bertz CT molecular complexity index is 884. The van der Waals surface area contributed by atoms with Gasteiger partial charge in [-0.25, -0.2) is 4.98 Å². The van der Waals surface area contributed by atoms with Gasteiger partial charge in [0, 0.05) is 43.7 Å². The maximum atomic E-state index is 12.8. The van der Waals surface area contributed by atoms with Gasteiger partial charge in [0.15, 0.2) is 0 Å². The third-order valence-corrected chi connectivity index (χ3v) is 6.27. The summed E-state index contributed by atoms with van der Waals surface area (Å²) in [7, 11) is 1.80. The number of amides is 1. The molecule has 0 unspecified atom stereocenters. The summed E-state index contributed by atoms with van der Waals surface area (Å²) < 4.78 is 38.4. The van der Waals surface area contributed by atoms with E-state index in [2.05, 4.69) is 4.98 Å². The zero-order valence-electron chi connectivity index (χ0n) is 16.7. The molecule has 1 aliphatic heterocycles. The molecule has 0 atom stereocenters. The van der Waals surface area contributed by atoms with Crippen LogP contribution in [0.3, 0.4) is 0 Å². The maximum Gasteiger partial charge on any atom is 0.417 e. The number of nitrogens with zero attached hydrogens (tertiary/aromatic N) is 3. The van der Waals surface area contributed by atoms with E-state index in [4.69, 9.17) is 11.6 Å². The summed E-state index contributed by atoms with van der Waals surface area (Å²) in [6.07, 6.45) is -0.449. The van der Waals surface area contributed by atoms with Gasteiger partial charge in [0.1, 0.15) is 5.82 Å². The molecule has 2 heterocycles. The Hall–Kier alpha value is -1.93. The van der Waals surface area contributed by atoms with E-state index >= 15 is 0 Å². The Labute approximate surface area is 183 Å². The van der Waals surface area contributed by atoms with Crippen LogP contribution >= 0.6 is 23.4 Å². The molecule has 0 radical (unpaired) electrons. The number of rotatable bonds is 5. The number of hydrogen-bond acceptors (Lipinski definition) is 4. The summed E-state index contributed by atoms with van der Waals surface area (Å²) in [5, 5.41) is -0.0274. The van der Waals surface area contributed by atoms with Crippen molar-refractivity contribution in [2.24, 2.45) is 5.92 Å². The van der Waals surface area contributed by atoms with Crippen LogP contribution in [0.1, 0.15) is 24.0 Å². The smallest absolute Gasteiger partial charge is 0.355 e. The number of piperidine rings is 1. The number of pyridine rings is 1. The first-order valence-electron chi connectivity index (χ1n) is 9.54. The van der Waals surface area contributed by atoms with Crippen molar-refractivity contribution in [1.29, 1.82) is 0 Å². The van der Waals surface area contributed by atoms with Crippen LogP contribution in [0.4, 0.5) is 19.0 Å². The highest BCUT2D eigenvalue weighted by Gasteiger charge is 2.33. The molecule has 9 heteroatoms. The molecule has 4 nitrogen and oxygen atoms in total. The lowest BCUT2D eigenvalue weighted by Gasteiger charge is -2.34. The fourth-order valence-electron chi connectivity index (χ4n) is 3.55. The number of halogens is 4. The van der Waals surface area contributed by atoms with Gasteiger partial charge in [-0.3, -0.25) is 4.79 Å². The molecule has 1 saturated heterocycles. The van der Waals surface area contributed by atoms with E-state index < -0.39 is 11.7 Å². The largest absolute Gasteiger partial charge is 0.417 e. The molecule has 0 aliphatic carbocycles. The standard InChI is InChI=1S/C21H23ClF3N3OS/c1-27(13-14-3-5-17(30-2)6-4-14)20(29)15-7-9-28(10-8-15)19-18(22)11-16(12-26-19)21(23,24)25/h3-6,11-12,15H,7-10,13H2,1-2H3. The van der Waals surface area contributed by atoms with E-state index in [1.165, 1.54) is 4.90 Å². The van der Waals surface area contributed by atoms with E-state index in [1.54, 1.807) is 23.7 Å². The van der Waals surface area contributed by atoms with E-state index in [0.717, 1.165) is 17.8 Å². The van der Waals surface area contributed by atoms with Crippen molar-refractivity contribution in [1.82, 2.24) is 9.88 Å². The molecule has 162 valence electrons. The number of hydrogen-bond donors (Lipinski definition) is 0. The summed E-state index contributed by atoms with van der Waals surface area (Å²) in [5.41, 5.74) is 0.204. The summed E-state index contributed by atoms with van der Waals surface area (Å²) in [6, 6.07) is 9.03. The Kier molecular flexibility index (Phi) is 7.18. The maximum absolute atomic E-state index is 12.8. The zero-order valence-corrected chi connectivity index (χ0v) is 18.3. The highest BCUT2D eigenvalue weighted by atomic mass is 35.5. The number of thioether (sulfide) groups is 1. The molecule has 2 aromatic rings. The quantitative estimate of drug-likeness (QED) is 0.567.